The summed E-state index contributed by atoms with van der Waals surface area (Å²) >= 11 is 3.50. The Kier molecular flexibility index (Phi) is 4.07. The number of aryl methyl sites for hydroxylation is 1. The van der Waals surface area contributed by atoms with Crippen molar-refractivity contribution in [2.45, 2.75) is 30.0 Å². The van der Waals surface area contributed by atoms with Crippen LogP contribution in [-0.4, -0.2) is 0 Å². The number of rotatable bonds is 2. The molecule has 2 aromatic carbocycles. The first-order chi connectivity index (χ1) is 10.1. The monoisotopic (exact) mass is 354 g/mol. The molecular weight excluding hydrogens is 341 g/mol. The van der Waals surface area contributed by atoms with Gasteiger partial charge in [0, 0.05) is 22.4 Å². The molecule has 1 aliphatic rings. The lowest BCUT2D eigenvalue weighted by molar-refractivity contribution is 0.480. The van der Waals surface area contributed by atoms with Crippen LogP contribution in [0.25, 0.3) is 0 Å². The predicted octanol–water partition coefficient (Wildman–Crippen LogP) is 5.66. The van der Waals surface area contributed by atoms with Crippen LogP contribution in [0, 0.1) is 17.5 Å². The van der Waals surface area contributed by atoms with Crippen LogP contribution in [0.1, 0.15) is 40.3 Å². The van der Waals surface area contributed by atoms with E-state index in [1.165, 1.54) is 5.56 Å². The van der Waals surface area contributed by atoms with E-state index in [1.807, 2.05) is 18.2 Å². The van der Waals surface area contributed by atoms with Gasteiger partial charge in [-0.15, -0.1) is 0 Å². The van der Waals surface area contributed by atoms with Crippen molar-refractivity contribution in [2.24, 2.45) is 0 Å². The molecule has 2 aromatic rings. The topological polar surface area (TPSA) is 0 Å². The average molecular weight is 355 g/mol. The van der Waals surface area contributed by atoms with Crippen molar-refractivity contribution in [3.8, 4) is 0 Å². The molecular formula is C17H14BrF3. The van der Waals surface area contributed by atoms with E-state index in [1.54, 1.807) is 0 Å². The molecule has 110 valence electrons. The Morgan fingerprint density at radius 1 is 1.00 bits per heavy atom. The summed E-state index contributed by atoms with van der Waals surface area (Å²) in [4.78, 5) is -0.367. The van der Waals surface area contributed by atoms with Crippen LogP contribution < -0.4 is 0 Å². The highest BCUT2D eigenvalue weighted by molar-refractivity contribution is 9.09. The molecule has 0 spiro atoms. The van der Waals surface area contributed by atoms with Crippen LogP contribution in [0.3, 0.4) is 0 Å². The van der Waals surface area contributed by atoms with E-state index in [2.05, 4.69) is 22.0 Å². The SMILES string of the molecule is Fc1cc(F)c(C(Br)C2CCCc3ccccc32)cc1F. The van der Waals surface area contributed by atoms with Crippen molar-refractivity contribution in [1.29, 1.82) is 0 Å². The summed E-state index contributed by atoms with van der Waals surface area (Å²) in [5, 5.41) is 0. The van der Waals surface area contributed by atoms with Crippen LogP contribution >= 0.6 is 15.9 Å². The fourth-order valence-electron chi connectivity index (χ4n) is 3.06. The summed E-state index contributed by atoms with van der Waals surface area (Å²) in [6.07, 6.45) is 2.91. The Morgan fingerprint density at radius 2 is 1.71 bits per heavy atom. The second-order valence-corrected chi connectivity index (χ2v) is 6.37. The van der Waals surface area contributed by atoms with Gasteiger partial charge in [0.1, 0.15) is 5.82 Å². The first kappa shape index (κ1) is 14.6. The maximum Gasteiger partial charge on any atom is 0.161 e. The second-order valence-electron chi connectivity index (χ2n) is 5.39. The Bertz CT molecular complexity index is 669. The third kappa shape index (κ3) is 2.73. The smallest absolute Gasteiger partial charge is 0.161 e. The maximum absolute atomic E-state index is 14.0. The Hall–Kier alpha value is -1.29. The molecule has 1 aliphatic carbocycles. The van der Waals surface area contributed by atoms with Crippen LogP contribution in [0.4, 0.5) is 13.2 Å². The lowest BCUT2D eigenvalue weighted by atomic mass is 9.79. The summed E-state index contributed by atoms with van der Waals surface area (Å²) in [7, 11) is 0. The molecule has 0 nitrogen and oxygen atoms in total. The van der Waals surface area contributed by atoms with Gasteiger partial charge in [-0.1, -0.05) is 40.2 Å². The third-order valence-corrected chi connectivity index (χ3v) is 5.24. The van der Waals surface area contributed by atoms with Gasteiger partial charge in [-0.05, 0) is 36.5 Å². The van der Waals surface area contributed by atoms with E-state index >= 15 is 0 Å². The molecule has 0 fully saturated rings. The van der Waals surface area contributed by atoms with Crippen molar-refractivity contribution in [1.82, 2.24) is 0 Å². The van der Waals surface area contributed by atoms with Crippen LogP contribution in [0.15, 0.2) is 36.4 Å². The van der Waals surface area contributed by atoms with E-state index in [0.29, 0.717) is 6.07 Å². The molecule has 2 unspecified atom stereocenters. The molecule has 0 bridgehead atoms. The fraction of sp³-hybridized carbons (Fsp3) is 0.294. The van der Waals surface area contributed by atoms with E-state index in [-0.39, 0.29) is 16.3 Å². The van der Waals surface area contributed by atoms with Crippen molar-refractivity contribution >= 4 is 15.9 Å². The van der Waals surface area contributed by atoms with Crippen molar-refractivity contribution in [3.05, 3.63) is 70.5 Å². The minimum Gasteiger partial charge on any atom is -0.207 e. The van der Waals surface area contributed by atoms with Crippen molar-refractivity contribution in [2.75, 3.05) is 0 Å². The Morgan fingerprint density at radius 3 is 2.52 bits per heavy atom. The highest BCUT2D eigenvalue weighted by Gasteiger charge is 2.29. The summed E-state index contributed by atoms with van der Waals surface area (Å²) in [6, 6.07) is 9.63. The third-order valence-electron chi connectivity index (χ3n) is 4.11. The predicted molar refractivity (Wildman–Crippen MR) is 80.1 cm³/mol. The number of benzene rings is 2. The molecule has 0 radical (unpaired) electrons. The average Bonchev–Trinajstić information content (AvgIpc) is 2.49. The zero-order chi connectivity index (χ0) is 15.0. The summed E-state index contributed by atoms with van der Waals surface area (Å²) < 4.78 is 40.5. The molecule has 4 heteroatoms. The van der Waals surface area contributed by atoms with Crippen molar-refractivity contribution in [3.63, 3.8) is 0 Å². The maximum atomic E-state index is 14.0. The molecule has 0 N–H and O–H groups in total. The Balaban J connectivity index is 2.00. The largest absolute Gasteiger partial charge is 0.207 e. The number of hydrogen-bond donors (Lipinski definition) is 0. The van der Waals surface area contributed by atoms with E-state index in [4.69, 9.17) is 0 Å². The van der Waals surface area contributed by atoms with Gasteiger partial charge in [-0.3, -0.25) is 0 Å². The minimum absolute atomic E-state index is 0.0642. The number of halogens is 4. The number of alkyl halides is 1. The van der Waals surface area contributed by atoms with Gasteiger partial charge < -0.3 is 0 Å². The fourth-order valence-corrected chi connectivity index (χ4v) is 3.96. The van der Waals surface area contributed by atoms with E-state index in [9.17, 15) is 13.2 Å². The van der Waals surface area contributed by atoms with Crippen molar-refractivity contribution < 1.29 is 13.2 Å². The second kappa shape index (κ2) is 5.84. The molecule has 21 heavy (non-hydrogen) atoms. The molecule has 0 heterocycles. The van der Waals surface area contributed by atoms with E-state index in [0.717, 1.165) is 30.9 Å². The van der Waals surface area contributed by atoms with Gasteiger partial charge in [0.25, 0.3) is 0 Å². The zero-order valence-electron chi connectivity index (χ0n) is 11.3. The van der Waals surface area contributed by atoms with Crippen LogP contribution in [0.2, 0.25) is 0 Å². The number of fused-ring (bicyclic) bond motifs is 1. The summed E-state index contributed by atoms with van der Waals surface area (Å²) in [5.74, 6) is -2.81. The standard InChI is InChI=1S/C17H14BrF3/c18-17(13-8-15(20)16(21)9-14(13)19)12-7-3-5-10-4-1-2-6-11(10)12/h1-2,4,6,8-9,12,17H,3,5,7H2. The van der Waals surface area contributed by atoms with Crippen LogP contribution in [0.5, 0.6) is 0 Å². The first-order valence-corrected chi connectivity index (χ1v) is 7.86. The lowest BCUT2D eigenvalue weighted by Gasteiger charge is -2.29. The molecule has 0 amide bonds. The molecule has 2 atom stereocenters. The normalized spacial score (nSPS) is 19.1. The summed E-state index contributed by atoms with van der Waals surface area (Å²) in [5.41, 5.74) is 2.59. The van der Waals surface area contributed by atoms with Gasteiger partial charge >= 0.3 is 0 Å². The molecule has 0 aliphatic heterocycles. The van der Waals surface area contributed by atoms with Gasteiger partial charge in [-0.25, -0.2) is 13.2 Å². The zero-order valence-corrected chi connectivity index (χ0v) is 12.8. The molecule has 0 saturated heterocycles. The highest BCUT2D eigenvalue weighted by atomic mass is 79.9. The first-order valence-electron chi connectivity index (χ1n) is 6.94. The summed E-state index contributed by atoms with van der Waals surface area (Å²) in [6.45, 7) is 0. The Labute approximate surface area is 130 Å². The minimum atomic E-state index is -1.15. The van der Waals surface area contributed by atoms with E-state index < -0.39 is 17.5 Å². The highest BCUT2D eigenvalue weighted by Crippen LogP contribution is 2.45. The van der Waals surface area contributed by atoms with Gasteiger partial charge in [0.15, 0.2) is 11.6 Å². The van der Waals surface area contributed by atoms with Gasteiger partial charge in [-0.2, -0.15) is 0 Å². The lowest BCUT2D eigenvalue weighted by Crippen LogP contribution is -2.15. The van der Waals surface area contributed by atoms with Gasteiger partial charge in [0.2, 0.25) is 0 Å². The molecule has 0 saturated carbocycles. The van der Waals surface area contributed by atoms with Gasteiger partial charge in [0.05, 0.1) is 0 Å². The van der Waals surface area contributed by atoms with Crippen LogP contribution in [-0.2, 0) is 6.42 Å². The quantitative estimate of drug-likeness (QED) is 0.482. The molecule has 0 aromatic heterocycles. The molecule has 3 rings (SSSR count). The number of hydrogen-bond acceptors (Lipinski definition) is 0.